The Morgan fingerprint density at radius 1 is 0.533 bits per heavy atom. The number of H-pyrrole nitrogens is 2. The molecule has 42 nitrogen and oxygen atoms in total. The summed E-state index contributed by atoms with van der Waals surface area (Å²) >= 11 is 1.27. The molecular formula is C77H125N23O19S. The van der Waals surface area contributed by atoms with E-state index < -0.39 is 235 Å². The molecule has 0 saturated carbocycles. The number of amides is 15. The lowest BCUT2D eigenvalue weighted by molar-refractivity contribution is -0.142. The Morgan fingerprint density at radius 2 is 1.03 bits per heavy atom. The third-order valence-corrected chi connectivity index (χ3v) is 19.9. The number of hydrogen-bond donors (Lipinski definition) is 23. The SMILES string of the molecule is CC[C@H](C)[C@H](NC(=O)[C@H](CCC(=O)O)NC(=O)C(C)(C)NC(=O)[C@@H](NC(=O)C(C)(C)N)C(C)C)C(=O)N[C@@H](CCC(N)=O)C(=O)N[C@@H](CC(C)C)C(=O)N[C@@H](CCSC)C(=O)N[C@@H](Cc1cnc[nH]1)C(=O)N[C@@H](CCC(N)=O)C(=O)N[C@@H](CCCCN=C(N)N)C(=O)NCC(=O)N[C@@H](CCCCN)C(=O)N[C@@H](Cc1c[nH]c2ccccc12)C(=O)O. The zero-order valence-electron chi connectivity index (χ0n) is 70.1. The lowest BCUT2D eigenvalue weighted by Gasteiger charge is -2.32. The number of primary amides is 2. The number of carboxylic acid groups (broad SMARTS) is 2. The predicted octanol–water partition coefficient (Wildman–Crippen LogP) is -3.69. The molecule has 12 atom stereocenters. The summed E-state index contributed by atoms with van der Waals surface area (Å²) in [5.74, 6) is -18.3. The van der Waals surface area contributed by atoms with E-state index in [1.165, 1.54) is 52.0 Å². The van der Waals surface area contributed by atoms with Crippen molar-refractivity contribution in [2.45, 2.75) is 256 Å². The number of carboxylic acids is 2. The normalized spacial score (nSPS) is 14.5. The number of rotatable bonds is 57. The van der Waals surface area contributed by atoms with E-state index >= 15 is 0 Å². The van der Waals surface area contributed by atoms with Crippen LogP contribution in [0.2, 0.25) is 0 Å². The maximum absolute atomic E-state index is 14.8. The van der Waals surface area contributed by atoms with Crippen molar-refractivity contribution >= 4 is 129 Å². The number of nitrogens with one attached hydrogen (secondary N) is 15. The average Bonchev–Trinajstić information content (AvgIpc) is 1.70. The van der Waals surface area contributed by atoms with Crippen LogP contribution in [0.4, 0.5) is 0 Å². The van der Waals surface area contributed by atoms with E-state index in [0.29, 0.717) is 18.4 Å². The molecule has 0 radical (unpaired) electrons. The van der Waals surface area contributed by atoms with Crippen LogP contribution in [0.15, 0.2) is 48.0 Å². The van der Waals surface area contributed by atoms with Crippen molar-refractivity contribution in [3.05, 3.63) is 54.2 Å². The molecule has 1 aromatic carbocycles. The molecule has 0 bridgehead atoms. The molecular weight excluding hydrogens is 1580 g/mol. The largest absolute Gasteiger partial charge is 0.481 e. The number of carbonyl (C=O) groups excluding carboxylic acids is 15. The van der Waals surface area contributed by atoms with Gasteiger partial charge < -0.3 is 124 Å². The number of benzene rings is 1. The molecule has 3 aromatic rings. The minimum atomic E-state index is -1.82. The summed E-state index contributed by atoms with van der Waals surface area (Å²) in [5.41, 5.74) is 32.3. The van der Waals surface area contributed by atoms with E-state index in [4.69, 9.17) is 34.4 Å². The molecule has 0 aliphatic heterocycles. The molecule has 0 saturated heterocycles. The van der Waals surface area contributed by atoms with Crippen LogP contribution in [0.25, 0.3) is 10.9 Å². The molecule has 43 heteroatoms. The van der Waals surface area contributed by atoms with Gasteiger partial charge in [0.15, 0.2) is 5.96 Å². The third kappa shape index (κ3) is 36.8. The minimum Gasteiger partial charge on any atom is -0.481 e. The van der Waals surface area contributed by atoms with Crippen molar-refractivity contribution in [3.63, 3.8) is 0 Å². The van der Waals surface area contributed by atoms with Gasteiger partial charge in [0.1, 0.15) is 72.0 Å². The van der Waals surface area contributed by atoms with E-state index in [9.17, 15) is 91.7 Å². The summed E-state index contributed by atoms with van der Waals surface area (Å²) < 4.78 is 0. The van der Waals surface area contributed by atoms with Crippen molar-refractivity contribution in [1.29, 1.82) is 0 Å². The van der Waals surface area contributed by atoms with E-state index in [0.717, 1.165) is 10.9 Å². The van der Waals surface area contributed by atoms with E-state index in [2.05, 4.69) is 89.1 Å². The Kier molecular flexibility index (Phi) is 43.7. The number of hydrogen-bond acceptors (Lipinski definition) is 22. The first kappa shape index (κ1) is 103. The Hall–Kier alpha value is -11.5. The van der Waals surface area contributed by atoms with Gasteiger partial charge in [-0.15, -0.1) is 0 Å². The summed E-state index contributed by atoms with van der Waals surface area (Å²) in [6.45, 7) is 14.9. The Labute approximate surface area is 700 Å². The van der Waals surface area contributed by atoms with Crippen LogP contribution in [0.1, 0.15) is 177 Å². The smallest absolute Gasteiger partial charge is 0.326 e. The molecule has 2 aromatic heterocycles. The molecule has 0 fully saturated rings. The number of aliphatic carboxylic acids is 2. The minimum absolute atomic E-state index is 0.0205. The first-order valence-electron chi connectivity index (χ1n) is 39.8. The molecule has 0 spiro atoms. The number of imidazole rings is 1. The summed E-state index contributed by atoms with van der Waals surface area (Å²) in [4.78, 5) is 248. The second-order valence-corrected chi connectivity index (χ2v) is 32.3. The maximum Gasteiger partial charge on any atom is 0.326 e. The fourth-order valence-corrected chi connectivity index (χ4v) is 12.6. The summed E-state index contributed by atoms with van der Waals surface area (Å²) in [6.07, 6.45) is 3.39. The number of aromatic nitrogens is 3. The van der Waals surface area contributed by atoms with Gasteiger partial charge in [0.2, 0.25) is 88.6 Å². The second-order valence-electron chi connectivity index (χ2n) is 31.3. The van der Waals surface area contributed by atoms with Crippen LogP contribution >= 0.6 is 11.8 Å². The van der Waals surface area contributed by atoms with E-state index in [-0.39, 0.29) is 94.2 Å². The van der Waals surface area contributed by atoms with Crippen LogP contribution in [0, 0.1) is 17.8 Å². The van der Waals surface area contributed by atoms with E-state index in [1.54, 1.807) is 78.3 Å². The number of guanidine groups is 1. The standard InChI is InChI=1S/C77H125N23O19S/c1-12-42(6)61(98-67(111)51(25-28-59(104)105)97-74(119)77(9,10)100-71(115)60(41(4)5)99-73(118)76(7,8)83)70(114)93-50(24-27-57(80)102)65(109)94-53(33-40(2)3)68(112)92-52(29-32-120-11)66(110)95-54(35-44-37-84-39-88-44)69(113)91-49(23-26-56(79)101)64(108)90-47(22-16-18-31-85-75(81)82)62(106)87-38-58(103)89-48(21-15-17-30-78)63(107)96-55(72(116)117)34-43-36-86-46-20-14-13-19-45(43)46/h13-14,19-20,36-37,39-42,47-55,60-61,86H,12,15-18,21-35,38,78,83H2,1-11H3,(H2,79,101)(H2,80,102)(H,84,88)(H,87,106)(H,89,103)(H,90,108)(H,91,113)(H,92,112)(H,93,114)(H,94,109)(H,95,110)(H,96,107)(H,97,119)(H,98,111)(H,99,118)(H,100,115)(H,104,105)(H,116,117)(H4,81,82,85)/t42-,47-,48-,49-,50-,51-,52-,53-,54-,55-,60-,61-/m0/s1. The average molecular weight is 1710 g/mol. The van der Waals surface area contributed by atoms with Gasteiger partial charge in [-0.3, -0.25) is 81.7 Å². The highest BCUT2D eigenvalue weighted by Crippen LogP contribution is 2.21. The van der Waals surface area contributed by atoms with Crippen LogP contribution in [-0.4, -0.2) is 241 Å². The quantitative estimate of drug-likeness (QED) is 0.0147. The van der Waals surface area contributed by atoms with Gasteiger partial charge in [-0.2, -0.15) is 11.8 Å². The van der Waals surface area contributed by atoms with Crippen LogP contribution in [0.3, 0.4) is 0 Å². The van der Waals surface area contributed by atoms with Gasteiger partial charge in [-0.05, 0) is 146 Å². The van der Waals surface area contributed by atoms with Gasteiger partial charge in [0, 0.05) is 67.6 Å². The Bertz CT molecular complexity index is 4010. The predicted molar refractivity (Wildman–Crippen MR) is 445 cm³/mol. The lowest BCUT2D eigenvalue weighted by atomic mass is 9.96. The molecule has 15 amide bonds. The Morgan fingerprint density at radius 3 is 1.55 bits per heavy atom. The first-order valence-corrected chi connectivity index (χ1v) is 41.2. The van der Waals surface area contributed by atoms with Crippen LogP contribution in [0.5, 0.6) is 0 Å². The molecule has 3 rings (SSSR count). The van der Waals surface area contributed by atoms with Crippen molar-refractivity contribution < 1.29 is 91.7 Å². The summed E-state index contributed by atoms with van der Waals surface area (Å²) in [7, 11) is 0. The molecule has 120 heavy (non-hydrogen) atoms. The molecule has 29 N–H and O–H groups in total. The highest BCUT2D eigenvalue weighted by Gasteiger charge is 2.41. The van der Waals surface area contributed by atoms with Gasteiger partial charge in [-0.1, -0.05) is 66.2 Å². The fraction of sp³-hybridized carbons (Fsp3) is 0.623. The number of para-hydroxylation sites is 1. The molecule has 0 unspecified atom stereocenters. The first-order chi connectivity index (χ1) is 56.3. The van der Waals surface area contributed by atoms with Crippen molar-refractivity contribution in [2.24, 2.45) is 57.1 Å². The van der Waals surface area contributed by atoms with Crippen LogP contribution in [-0.2, 0) is 94.3 Å². The third-order valence-electron chi connectivity index (χ3n) is 19.3. The molecule has 0 aliphatic carbocycles. The highest BCUT2D eigenvalue weighted by molar-refractivity contribution is 7.98. The van der Waals surface area contributed by atoms with Crippen molar-refractivity contribution in [1.82, 2.24) is 84.1 Å². The zero-order chi connectivity index (χ0) is 90.3. The summed E-state index contributed by atoms with van der Waals surface area (Å²) in [6, 6.07) is -9.39. The number of carbonyl (C=O) groups is 17. The number of unbranched alkanes of at least 4 members (excludes halogenated alkanes) is 2. The van der Waals surface area contributed by atoms with E-state index in [1.807, 2.05) is 0 Å². The maximum atomic E-state index is 14.8. The monoisotopic (exact) mass is 1710 g/mol. The molecule has 668 valence electrons. The van der Waals surface area contributed by atoms with Gasteiger partial charge in [-0.25, -0.2) is 9.78 Å². The molecule has 2 heterocycles. The van der Waals surface area contributed by atoms with Crippen molar-refractivity contribution in [3.8, 4) is 0 Å². The lowest BCUT2D eigenvalue weighted by Crippen LogP contribution is -2.64. The zero-order valence-corrected chi connectivity index (χ0v) is 70.9. The molecule has 0 aliphatic rings. The van der Waals surface area contributed by atoms with Gasteiger partial charge in [0.05, 0.1) is 18.4 Å². The number of aromatic amines is 2. The Balaban J connectivity index is 1.95. The number of nitrogens with zero attached hydrogens (tertiary/aromatic N) is 2. The highest BCUT2D eigenvalue weighted by atomic mass is 32.2. The second kappa shape index (κ2) is 51.1. The van der Waals surface area contributed by atoms with Crippen LogP contribution < -0.4 is 104 Å². The number of aliphatic imine (C=N–C) groups is 1. The topological polar surface area (TPSA) is 700 Å². The fourth-order valence-electron chi connectivity index (χ4n) is 12.1. The summed E-state index contributed by atoms with van der Waals surface area (Å²) in [5, 5.41) is 53.9. The number of nitrogens with two attached hydrogens (primary N) is 6. The van der Waals surface area contributed by atoms with Crippen molar-refractivity contribution in [2.75, 3.05) is 31.6 Å². The number of thioether (sulfide) groups is 1. The number of fused-ring (bicyclic) bond motifs is 1. The van der Waals surface area contributed by atoms with Gasteiger partial charge in [0.25, 0.3) is 0 Å². The van der Waals surface area contributed by atoms with Gasteiger partial charge >= 0.3 is 11.9 Å².